The van der Waals surface area contributed by atoms with Crippen LogP contribution in [0.25, 0.3) is 0 Å². The van der Waals surface area contributed by atoms with Crippen LogP contribution >= 0.6 is 0 Å². The Labute approximate surface area is 134 Å². The number of halogens is 1. The largest absolute Gasteiger partial charge is 0.507 e. The Morgan fingerprint density at radius 2 is 1.96 bits per heavy atom. The first-order chi connectivity index (χ1) is 11.1. The van der Waals surface area contributed by atoms with Crippen molar-refractivity contribution in [2.24, 2.45) is 0 Å². The molecule has 0 atom stereocenters. The molecule has 0 saturated carbocycles. The molecule has 0 aromatic heterocycles. The van der Waals surface area contributed by atoms with E-state index in [4.69, 9.17) is 0 Å². The summed E-state index contributed by atoms with van der Waals surface area (Å²) in [7, 11) is 0. The van der Waals surface area contributed by atoms with Gasteiger partial charge in [0.15, 0.2) is 0 Å². The number of aromatic hydroxyl groups is 1. The summed E-state index contributed by atoms with van der Waals surface area (Å²) in [6.45, 7) is 3.90. The lowest BCUT2D eigenvalue weighted by Crippen LogP contribution is -2.32. The molecule has 116 valence electrons. The van der Waals surface area contributed by atoms with E-state index in [-0.39, 0.29) is 24.4 Å². The summed E-state index contributed by atoms with van der Waals surface area (Å²) in [6.07, 6.45) is 1.53. The zero-order valence-corrected chi connectivity index (χ0v) is 12.5. The summed E-state index contributed by atoms with van der Waals surface area (Å²) in [6, 6.07) is 13.1. The summed E-state index contributed by atoms with van der Waals surface area (Å²) in [5.41, 5.74) is 0.475. The van der Waals surface area contributed by atoms with Crippen molar-refractivity contribution in [3.8, 4) is 17.6 Å². The molecule has 4 heteroatoms. The van der Waals surface area contributed by atoms with Gasteiger partial charge < -0.3 is 10.0 Å². The minimum atomic E-state index is -0.764. The smallest absolute Gasteiger partial charge is 0.261 e. The molecule has 2 aromatic carbocycles. The number of carbonyl (C=O) groups is 1. The van der Waals surface area contributed by atoms with E-state index in [1.165, 1.54) is 23.1 Å². The summed E-state index contributed by atoms with van der Waals surface area (Å²) < 4.78 is 13.8. The Kier molecular flexibility index (Phi) is 5.54. The molecule has 0 fully saturated rings. The molecular weight excluding hydrogens is 293 g/mol. The van der Waals surface area contributed by atoms with Crippen molar-refractivity contribution in [3.05, 3.63) is 78.1 Å². The fourth-order valence-corrected chi connectivity index (χ4v) is 2.02. The summed E-state index contributed by atoms with van der Waals surface area (Å²) in [5, 5.41) is 9.73. The van der Waals surface area contributed by atoms with Gasteiger partial charge in [-0.1, -0.05) is 42.2 Å². The van der Waals surface area contributed by atoms with Crippen molar-refractivity contribution in [2.45, 2.75) is 0 Å². The van der Waals surface area contributed by atoms with Crippen LogP contribution in [0.5, 0.6) is 5.75 Å². The molecule has 0 aliphatic carbocycles. The zero-order chi connectivity index (χ0) is 16.7. The molecule has 2 aromatic rings. The van der Waals surface area contributed by atoms with Crippen LogP contribution in [0.4, 0.5) is 4.39 Å². The number of hydrogen-bond acceptors (Lipinski definition) is 2. The second-order valence-corrected chi connectivity index (χ2v) is 4.78. The highest BCUT2D eigenvalue weighted by Gasteiger charge is 2.21. The number of nitrogens with zero attached hydrogens (tertiary/aromatic N) is 1. The van der Waals surface area contributed by atoms with E-state index in [1.807, 2.05) is 30.3 Å². The molecule has 2 rings (SSSR count). The molecule has 0 radical (unpaired) electrons. The van der Waals surface area contributed by atoms with Gasteiger partial charge in [-0.05, 0) is 24.3 Å². The molecule has 0 saturated heterocycles. The van der Waals surface area contributed by atoms with Crippen molar-refractivity contribution in [1.82, 2.24) is 4.90 Å². The number of carbonyl (C=O) groups excluding carboxylic acids is 1. The molecule has 0 aliphatic heterocycles. The first-order valence-electron chi connectivity index (χ1n) is 7.05. The van der Waals surface area contributed by atoms with E-state index in [1.54, 1.807) is 0 Å². The van der Waals surface area contributed by atoms with Gasteiger partial charge >= 0.3 is 0 Å². The second kappa shape index (κ2) is 7.81. The molecule has 0 heterocycles. The Morgan fingerprint density at radius 3 is 2.61 bits per heavy atom. The van der Waals surface area contributed by atoms with E-state index < -0.39 is 11.7 Å². The van der Waals surface area contributed by atoms with Crippen molar-refractivity contribution < 1.29 is 14.3 Å². The molecule has 23 heavy (non-hydrogen) atoms. The van der Waals surface area contributed by atoms with Crippen molar-refractivity contribution >= 4 is 5.91 Å². The van der Waals surface area contributed by atoms with Crippen LogP contribution in [-0.4, -0.2) is 29.0 Å². The fourth-order valence-electron chi connectivity index (χ4n) is 2.02. The van der Waals surface area contributed by atoms with Crippen molar-refractivity contribution in [1.29, 1.82) is 0 Å². The molecular formula is C19H16FNO2. The van der Waals surface area contributed by atoms with Gasteiger partial charge in [-0.15, -0.1) is 6.58 Å². The normalized spacial score (nSPS) is 9.61. The Balaban J connectivity index is 2.20. The van der Waals surface area contributed by atoms with Gasteiger partial charge in [0.05, 0.1) is 6.54 Å². The summed E-state index contributed by atoms with van der Waals surface area (Å²) in [4.78, 5) is 13.7. The third kappa shape index (κ3) is 4.21. The van der Waals surface area contributed by atoms with Gasteiger partial charge in [0.25, 0.3) is 5.91 Å². The van der Waals surface area contributed by atoms with Crippen LogP contribution in [0, 0.1) is 17.7 Å². The van der Waals surface area contributed by atoms with Crippen LogP contribution in [0.15, 0.2) is 61.2 Å². The van der Waals surface area contributed by atoms with E-state index in [9.17, 15) is 14.3 Å². The second-order valence-electron chi connectivity index (χ2n) is 4.78. The molecule has 1 N–H and O–H groups in total. The highest BCUT2D eigenvalue weighted by Crippen LogP contribution is 2.21. The van der Waals surface area contributed by atoms with Crippen LogP contribution in [0.1, 0.15) is 15.9 Å². The maximum atomic E-state index is 13.8. The highest BCUT2D eigenvalue weighted by molar-refractivity contribution is 5.97. The van der Waals surface area contributed by atoms with Gasteiger partial charge in [-0.25, -0.2) is 4.39 Å². The van der Waals surface area contributed by atoms with E-state index in [0.29, 0.717) is 0 Å². The molecule has 0 spiro atoms. The topological polar surface area (TPSA) is 40.5 Å². The Hall–Kier alpha value is -3.06. The first-order valence-corrected chi connectivity index (χ1v) is 7.05. The number of rotatable bonds is 4. The average Bonchev–Trinajstić information content (AvgIpc) is 2.55. The molecule has 3 nitrogen and oxygen atoms in total. The van der Waals surface area contributed by atoms with E-state index in [2.05, 4.69) is 18.4 Å². The van der Waals surface area contributed by atoms with Crippen LogP contribution in [0.3, 0.4) is 0 Å². The van der Waals surface area contributed by atoms with Crippen molar-refractivity contribution in [3.63, 3.8) is 0 Å². The number of benzene rings is 2. The van der Waals surface area contributed by atoms with E-state index in [0.717, 1.165) is 11.6 Å². The molecule has 0 unspecified atom stereocenters. The standard InChI is InChI=1S/C19H16FNO2/c1-2-13-21(14-7-10-15-8-4-3-5-9-15)19(23)18-16(20)11-6-12-17(18)22/h2-6,8-9,11-12,22H,1,13-14H2. The van der Waals surface area contributed by atoms with Crippen LogP contribution in [0.2, 0.25) is 0 Å². The summed E-state index contributed by atoms with van der Waals surface area (Å²) >= 11 is 0. The number of amides is 1. The van der Waals surface area contributed by atoms with Crippen LogP contribution < -0.4 is 0 Å². The highest BCUT2D eigenvalue weighted by atomic mass is 19.1. The average molecular weight is 309 g/mol. The maximum absolute atomic E-state index is 13.8. The maximum Gasteiger partial charge on any atom is 0.261 e. The van der Waals surface area contributed by atoms with Crippen molar-refractivity contribution in [2.75, 3.05) is 13.1 Å². The summed E-state index contributed by atoms with van der Waals surface area (Å²) in [5.74, 6) is 4.04. The van der Waals surface area contributed by atoms with Crippen LogP contribution in [-0.2, 0) is 0 Å². The number of phenols is 1. The third-order valence-corrected chi connectivity index (χ3v) is 3.12. The minimum absolute atomic E-state index is 0.105. The Morgan fingerprint density at radius 1 is 1.22 bits per heavy atom. The zero-order valence-electron chi connectivity index (χ0n) is 12.5. The Bertz CT molecular complexity index is 740. The van der Waals surface area contributed by atoms with Gasteiger partial charge in [0.1, 0.15) is 17.1 Å². The molecule has 0 aliphatic rings. The lowest BCUT2D eigenvalue weighted by molar-refractivity contribution is 0.0785. The third-order valence-electron chi connectivity index (χ3n) is 3.12. The molecule has 0 bridgehead atoms. The van der Waals surface area contributed by atoms with Gasteiger partial charge in [0.2, 0.25) is 0 Å². The number of hydrogen-bond donors (Lipinski definition) is 1. The SMILES string of the molecule is C=CCN(CC#Cc1ccccc1)C(=O)c1c(O)cccc1F. The quantitative estimate of drug-likeness (QED) is 0.696. The lowest BCUT2D eigenvalue weighted by atomic mass is 10.1. The van der Waals surface area contributed by atoms with Gasteiger partial charge in [-0.3, -0.25) is 4.79 Å². The monoisotopic (exact) mass is 309 g/mol. The minimum Gasteiger partial charge on any atom is -0.507 e. The fraction of sp³-hybridized carbons (Fsp3) is 0.105. The number of phenolic OH excluding ortho intramolecular Hbond substituents is 1. The lowest BCUT2D eigenvalue weighted by Gasteiger charge is -2.19. The molecule has 1 amide bonds. The van der Waals surface area contributed by atoms with E-state index >= 15 is 0 Å². The predicted molar refractivity (Wildman–Crippen MR) is 87.5 cm³/mol. The first kappa shape index (κ1) is 16.3. The van der Waals surface area contributed by atoms with Gasteiger partial charge in [0, 0.05) is 12.1 Å². The predicted octanol–water partition coefficient (Wildman–Crippen LogP) is 3.21. The van der Waals surface area contributed by atoms with Gasteiger partial charge in [-0.2, -0.15) is 0 Å².